The number of carbonyl (C=O) groups is 3. The normalized spacial score (nSPS) is 12.9. The first-order valence-electron chi connectivity index (χ1n) is 15.7. The van der Waals surface area contributed by atoms with E-state index in [9.17, 15) is 14.4 Å². The predicted octanol–water partition coefficient (Wildman–Crippen LogP) is 8.48. The molecule has 0 saturated heterocycles. The van der Waals surface area contributed by atoms with Crippen molar-refractivity contribution in [3.05, 3.63) is 102 Å². The van der Waals surface area contributed by atoms with Crippen molar-refractivity contribution in [3.8, 4) is 22.6 Å². The lowest BCUT2D eigenvalue weighted by molar-refractivity contribution is -0.139. The first kappa shape index (κ1) is 34.6. The first-order valence-corrected chi connectivity index (χ1v) is 16.5. The molecular weight excluding hydrogens is 600 g/mol. The van der Waals surface area contributed by atoms with Crippen LogP contribution in [-0.2, 0) is 25.5 Å². The van der Waals surface area contributed by atoms with Crippen LogP contribution in [0.25, 0.3) is 11.1 Å². The summed E-state index contributed by atoms with van der Waals surface area (Å²) in [6.45, 7) is 14.3. The van der Waals surface area contributed by atoms with E-state index >= 15 is 0 Å². The van der Waals surface area contributed by atoms with Gasteiger partial charge in [0.25, 0.3) is 0 Å². The Labute approximate surface area is 276 Å². The van der Waals surface area contributed by atoms with Crippen LogP contribution in [0.1, 0.15) is 79.4 Å². The summed E-state index contributed by atoms with van der Waals surface area (Å²) in [5.41, 5.74) is 6.86. The molecule has 0 heterocycles. The lowest BCUT2D eigenvalue weighted by atomic mass is 9.92. The zero-order valence-corrected chi connectivity index (χ0v) is 27.7. The quantitative estimate of drug-likeness (QED) is 0.0627. The van der Waals surface area contributed by atoms with Crippen molar-refractivity contribution < 1.29 is 33.3 Å². The van der Waals surface area contributed by atoms with E-state index in [-0.39, 0.29) is 30.2 Å². The minimum atomic E-state index is -0.469. The molecule has 1 aliphatic carbocycles. The summed E-state index contributed by atoms with van der Waals surface area (Å²) in [4.78, 5) is 36.9. The maximum Gasteiger partial charge on any atom is 0.333 e. The second kappa shape index (κ2) is 16.9. The summed E-state index contributed by atoms with van der Waals surface area (Å²) < 4.78 is 22.0. The van der Waals surface area contributed by atoms with Crippen molar-refractivity contribution in [2.24, 2.45) is 0 Å². The number of esters is 2. The van der Waals surface area contributed by atoms with Crippen LogP contribution in [0.15, 0.2) is 84.3 Å². The molecule has 1 atom stereocenters. The molecule has 0 saturated carbocycles. The second-order valence-corrected chi connectivity index (χ2v) is 12.2. The van der Waals surface area contributed by atoms with E-state index in [1.54, 1.807) is 6.92 Å². The number of hydrogen-bond acceptors (Lipinski definition) is 8. The molecular formula is C38H42O7S. The van der Waals surface area contributed by atoms with Gasteiger partial charge in [0, 0.05) is 28.0 Å². The summed E-state index contributed by atoms with van der Waals surface area (Å²) in [5.74, 6) is 0.854. The molecule has 0 aromatic heterocycles. The van der Waals surface area contributed by atoms with Gasteiger partial charge in [0.2, 0.25) is 5.12 Å². The zero-order chi connectivity index (χ0) is 33.1. The molecule has 1 aliphatic rings. The van der Waals surface area contributed by atoms with Gasteiger partial charge < -0.3 is 18.9 Å². The summed E-state index contributed by atoms with van der Waals surface area (Å²) in [7, 11) is 0. The third-order valence-electron chi connectivity index (χ3n) is 7.82. The van der Waals surface area contributed by atoms with Crippen LogP contribution in [0.2, 0.25) is 0 Å². The summed E-state index contributed by atoms with van der Waals surface area (Å²) >= 11 is 1.21. The Morgan fingerprint density at radius 1 is 0.848 bits per heavy atom. The number of thioether (sulfide) groups is 1. The molecule has 8 heteroatoms. The fourth-order valence-electron chi connectivity index (χ4n) is 5.48. The molecule has 0 bridgehead atoms. The van der Waals surface area contributed by atoms with Crippen molar-refractivity contribution >= 4 is 28.8 Å². The third-order valence-corrected chi connectivity index (χ3v) is 8.75. The lowest BCUT2D eigenvalue weighted by Gasteiger charge is -2.17. The van der Waals surface area contributed by atoms with Gasteiger partial charge in [0.1, 0.15) is 24.7 Å². The minimum absolute atomic E-state index is 0.0117. The van der Waals surface area contributed by atoms with Crippen molar-refractivity contribution in [3.63, 3.8) is 0 Å². The van der Waals surface area contributed by atoms with Gasteiger partial charge in [-0.25, -0.2) is 9.59 Å². The standard InChI is InChI=1S/C38H42O7S/c1-6-30-34(43-22-23-44-35(39)7-2)19-18-32-31-17-12-27(24-33(31)26(5)36(30)32)38(41)46-29-15-13-28(14-16-29)42-20-10-8-9-11-21-45-37(40)25(3)4/h7,12-19,24,26H,2-3,6,8-11,20-23H2,1,4-5H3. The number of benzene rings is 3. The smallest absolute Gasteiger partial charge is 0.333 e. The van der Waals surface area contributed by atoms with Crippen molar-refractivity contribution in [1.29, 1.82) is 0 Å². The maximum atomic E-state index is 13.3. The SMILES string of the molecule is C=CC(=O)OCCOc1ccc2c(c1CC)C(C)c1cc(C(=O)Sc3ccc(OCCCCCCOC(=O)C(=C)C)cc3)ccc1-2. The fourth-order valence-corrected chi connectivity index (χ4v) is 6.21. The molecule has 3 aromatic carbocycles. The Kier molecular flexibility index (Phi) is 12.7. The number of carbonyl (C=O) groups excluding carboxylic acids is 3. The number of unbranched alkanes of at least 4 members (excludes halogenated alkanes) is 3. The van der Waals surface area contributed by atoms with Gasteiger partial charge in [-0.1, -0.05) is 39.1 Å². The Morgan fingerprint density at radius 2 is 1.57 bits per heavy atom. The number of hydrogen-bond donors (Lipinski definition) is 0. The maximum absolute atomic E-state index is 13.3. The highest BCUT2D eigenvalue weighted by Crippen LogP contribution is 2.49. The largest absolute Gasteiger partial charge is 0.494 e. The van der Waals surface area contributed by atoms with Crippen LogP contribution >= 0.6 is 11.8 Å². The van der Waals surface area contributed by atoms with E-state index in [2.05, 4.69) is 33.1 Å². The second-order valence-electron chi connectivity index (χ2n) is 11.1. The molecule has 0 N–H and O–H groups in total. The molecule has 0 fully saturated rings. The summed E-state index contributed by atoms with van der Waals surface area (Å²) in [6, 6.07) is 17.6. The van der Waals surface area contributed by atoms with Crippen LogP contribution < -0.4 is 9.47 Å². The van der Waals surface area contributed by atoms with Gasteiger partial charge in [-0.15, -0.1) is 0 Å². The molecule has 0 amide bonds. The topological polar surface area (TPSA) is 88.1 Å². The first-order chi connectivity index (χ1) is 22.2. The van der Waals surface area contributed by atoms with Gasteiger partial charge >= 0.3 is 11.9 Å². The highest BCUT2D eigenvalue weighted by molar-refractivity contribution is 8.14. The van der Waals surface area contributed by atoms with E-state index in [1.165, 1.54) is 17.3 Å². The van der Waals surface area contributed by atoms with Gasteiger partial charge in [0.05, 0.1) is 13.2 Å². The molecule has 0 aliphatic heterocycles. The van der Waals surface area contributed by atoms with E-state index in [0.29, 0.717) is 24.4 Å². The highest BCUT2D eigenvalue weighted by atomic mass is 32.2. The van der Waals surface area contributed by atoms with Crippen molar-refractivity contribution in [2.45, 2.75) is 63.7 Å². The van der Waals surface area contributed by atoms with Gasteiger partial charge in [-0.05, 0) is 121 Å². The Bertz CT molecular complexity index is 1570. The van der Waals surface area contributed by atoms with E-state index in [1.807, 2.05) is 48.5 Å². The fraction of sp³-hybridized carbons (Fsp3) is 0.342. The molecule has 3 aromatic rings. The highest BCUT2D eigenvalue weighted by Gasteiger charge is 2.30. The summed E-state index contributed by atoms with van der Waals surface area (Å²) in [5, 5.41) is -0.0117. The number of rotatable bonds is 17. The molecule has 0 radical (unpaired) electrons. The van der Waals surface area contributed by atoms with Gasteiger partial charge in [-0.2, -0.15) is 0 Å². The van der Waals surface area contributed by atoms with Gasteiger partial charge in [-0.3, -0.25) is 4.79 Å². The van der Waals surface area contributed by atoms with Crippen LogP contribution in [0.3, 0.4) is 0 Å². The average molecular weight is 643 g/mol. The van der Waals surface area contributed by atoms with Gasteiger partial charge in [0.15, 0.2) is 0 Å². The molecule has 0 spiro atoms. The predicted molar refractivity (Wildman–Crippen MR) is 182 cm³/mol. The van der Waals surface area contributed by atoms with Crippen LogP contribution in [0.4, 0.5) is 0 Å². The Hall–Kier alpha value is -4.30. The molecule has 4 rings (SSSR count). The van der Waals surface area contributed by atoms with Crippen molar-refractivity contribution in [2.75, 3.05) is 26.4 Å². The summed E-state index contributed by atoms with van der Waals surface area (Å²) in [6.07, 6.45) is 5.61. The van der Waals surface area contributed by atoms with E-state index in [0.717, 1.165) is 76.8 Å². The van der Waals surface area contributed by atoms with E-state index in [4.69, 9.17) is 18.9 Å². The molecule has 242 valence electrons. The third kappa shape index (κ3) is 8.91. The van der Waals surface area contributed by atoms with Crippen LogP contribution in [0, 0.1) is 0 Å². The Balaban J connectivity index is 1.28. The number of fused-ring (bicyclic) bond motifs is 3. The Morgan fingerprint density at radius 3 is 2.26 bits per heavy atom. The van der Waals surface area contributed by atoms with Crippen LogP contribution in [0.5, 0.6) is 11.5 Å². The van der Waals surface area contributed by atoms with Crippen LogP contribution in [-0.4, -0.2) is 43.5 Å². The lowest BCUT2D eigenvalue weighted by Crippen LogP contribution is -2.11. The average Bonchev–Trinajstić information content (AvgIpc) is 3.35. The molecule has 1 unspecified atom stereocenters. The molecule has 46 heavy (non-hydrogen) atoms. The monoisotopic (exact) mass is 642 g/mol. The number of ether oxygens (including phenoxy) is 4. The molecule has 7 nitrogen and oxygen atoms in total. The zero-order valence-electron chi connectivity index (χ0n) is 26.9. The minimum Gasteiger partial charge on any atom is -0.494 e. The van der Waals surface area contributed by atoms with Crippen molar-refractivity contribution in [1.82, 2.24) is 0 Å². The van der Waals surface area contributed by atoms with E-state index < -0.39 is 5.97 Å².